The van der Waals surface area contributed by atoms with Gasteiger partial charge in [-0.1, -0.05) is 71.7 Å². The average Bonchev–Trinajstić information content (AvgIpc) is 2.87. The van der Waals surface area contributed by atoms with E-state index in [-0.39, 0.29) is 5.56 Å². The Morgan fingerprint density at radius 1 is 1.08 bits per heavy atom. The summed E-state index contributed by atoms with van der Waals surface area (Å²) in [5, 5.41) is 15.5. The lowest BCUT2D eigenvalue weighted by Gasteiger charge is -2.12. The second-order valence-corrected chi connectivity index (χ2v) is 8.76. The van der Waals surface area contributed by atoms with Crippen molar-refractivity contribution in [3.63, 3.8) is 0 Å². The smallest absolute Gasteiger partial charge is 0.337 e. The summed E-state index contributed by atoms with van der Waals surface area (Å²) in [6, 6.07) is 5.34. The number of nitrogen functional groups attached to an aromatic ring is 1. The monoisotopic (exact) mass is 532 g/mol. The van der Waals surface area contributed by atoms with Gasteiger partial charge < -0.3 is 21.5 Å². The zero-order chi connectivity index (χ0) is 29.0. The molecule has 2 rings (SSSR count). The molecule has 0 aliphatic carbocycles. The van der Waals surface area contributed by atoms with Crippen LogP contribution in [0.3, 0.4) is 0 Å². The zero-order valence-corrected chi connectivity index (χ0v) is 25.0. The van der Waals surface area contributed by atoms with E-state index in [1.807, 2.05) is 53.8 Å². The first-order valence-corrected chi connectivity index (χ1v) is 13.4. The van der Waals surface area contributed by atoms with Crippen molar-refractivity contribution in [2.45, 2.75) is 80.6 Å². The van der Waals surface area contributed by atoms with Crippen LogP contribution in [0.15, 0.2) is 43.3 Å². The number of benzene rings is 1. The molecule has 0 atom stereocenters. The molecule has 7 heteroatoms. The highest BCUT2D eigenvalue weighted by Crippen LogP contribution is 2.27. The maximum absolute atomic E-state index is 10.5. The standard InChI is InChI=1S/C11H15ClN2.C9H19N.C8H9NO2.C2H6/c1-4-8-5-9(12)6-10(11(8)13)7(2)14-3;1-4-5-6-7-8-10-9(2)3;1-5-3-7(8(10)11)6(2)9-4-5;1-2/h5-6,14H,2,4,13H2,1,3H3;10H,2,4-8H2,1,3H3;3-4H,1-2H3,(H,10,11);1-2H3. The van der Waals surface area contributed by atoms with E-state index < -0.39 is 5.97 Å². The summed E-state index contributed by atoms with van der Waals surface area (Å²) in [6.45, 7) is 22.5. The van der Waals surface area contributed by atoms with E-state index in [1.165, 1.54) is 25.7 Å². The molecule has 2 aromatic rings. The lowest BCUT2D eigenvalue weighted by Crippen LogP contribution is -2.11. The summed E-state index contributed by atoms with van der Waals surface area (Å²) in [5.74, 6) is -0.918. The van der Waals surface area contributed by atoms with Gasteiger partial charge in [-0.2, -0.15) is 0 Å². The summed E-state index contributed by atoms with van der Waals surface area (Å²) < 4.78 is 0. The second-order valence-electron chi connectivity index (χ2n) is 8.33. The minimum atomic E-state index is -0.918. The van der Waals surface area contributed by atoms with Crippen LogP contribution in [0, 0.1) is 13.8 Å². The number of rotatable bonds is 10. The number of anilines is 1. The average molecular weight is 533 g/mol. The van der Waals surface area contributed by atoms with E-state index in [0.717, 1.165) is 46.7 Å². The van der Waals surface area contributed by atoms with Gasteiger partial charge in [0.2, 0.25) is 0 Å². The number of allylic oxidation sites excluding steroid dienone is 1. The van der Waals surface area contributed by atoms with Crippen molar-refractivity contribution in [1.29, 1.82) is 0 Å². The number of carboxylic acids is 1. The van der Waals surface area contributed by atoms with Crippen LogP contribution in [0.4, 0.5) is 5.69 Å². The Hall–Kier alpha value is -2.99. The Balaban J connectivity index is 0. The number of nitrogens with two attached hydrogens (primary N) is 1. The second kappa shape index (κ2) is 21.1. The van der Waals surface area contributed by atoms with Crippen molar-refractivity contribution in [3.05, 3.63) is 76.2 Å². The highest BCUT2D eigenvalue weighted by atomic mass is 35.5. The molecule has 0 bridgehead atoms. The van der Waals surface area contributed by atoms with Crippen LogP contribution in [0.5, 0.6) is 0 Å². The molecule has 6 nitrogen and oxygen atoms in total. The normalized spacial score (nSPS) is 9.32. The first kappa shape index (κ1) is 36.2. The molecule has 0 aliphatic heterocycles. The summed E-state index contributed by atoms with van der Waals surface area (Å²) in [7, 11) is 1.81. The molecular weight excluding hydrogens is 484 g/mol. The molecule has 5 N–H and O–H groups in total. The fourth-order valence-corrected chi connectivity index (χ4v) is 3.30. The Bertz CT molecular complexity index is 974. The molecule has 0 aliphatic rings. The number of hydrogen-bond acceptors (Lipinski definition) is 5. The summed E-state index contributed by atoms with van der Waals surface area (Å²) in [6.07, 6.45) is 7.82. The quantitative estimate of drug-likeness (QED) is 0.184. The molecule has 0 saturated heterocycles. The molecule has 1 aromatic heterocycles. The summed E-state index contributed by atoms with van der Waals surface area (Å²) in [4.78, 5) is 14.5. The topological polar surface area (TPSA) is 100 Å². The Morgan fingerprint density at radius 3 is 2.16 bits per heavy atom. The van der Waals surface area contributed by atoms with Crippen molar-refractivity contribution in [3.8, 4) is 0 Å². The number of hydrogen-bond donors (Lipinski definition) is 4. The predicted molar refractivity (Wildman–Crippen MR) is 162 cm³/mol. The van der Waals surface area contributed by atoms with Gasteiger partial charge in [-0.25, -0.2) is 4.79 Å². The van der Waals surface area contributed by atoms with Crippen molar-refractivity contribution < 1.29 is 9.90 Å². The van der Waals surface area contributed by atoms with Crippen LogP contribution in [0.2, 0.25) is 5.02 Å². The lowest BCUT2D eigenvalue weighted by molar-refractivity contribution is 0.0695. The van der Waals surface area contributed by atoms with E-state index in [9.17, 15) is 4.79 Å². The van der Waals surface area contributed by atoms with Crippen molar-refractivity contribution in [1.82, 2.24) is 15.6 Å². The van der Waals surface area contributed by atoms with Gasteiger partial charge >= 0.3 is 5.97 Å². The van der Waals surface area contributed by atoms with Crippen LogP contribution in [-0.2, 0) is 6.42 Å². The fraction of sp³-hybridized carbons (Fsp3) is 0.467. The molecule has 1 aromatic carbocycles. The Morgan fingerprint density at radius 2 is 1.70 bits per heavy atom. The number of nitrogens with one attached hydrogen (secondary N) is 2. The third-order valence-corrected chi connectivity index (χ3v) is 5.37. The third kappa shape index (κ3) is 15.7. The molecule has 1 heterocycles. The molecule has 0 spiro atoms. The number of carbonyl (C=O) groups is 1. The number of halogens is 1. The molecule has 0 unspecified atom stereocenters. The van der Waals surface area contributed by atoms with E-state index in [0.29, 0.717) is 10.7 Å². The van der Waals surface area contributed by atoms with Gasteiger partial charge in [0, 0.05) is 47.5 Å². The van der Waals surface area contributed by atoms with Crippen molar-refractivity contribution in [2.24, 2.45) is 0 Å². The van der Waals surface area contributed by atoms with Crippen LogP contribution < -0.4 is 16.4 Å². The van der Waals surface area contributed by atoms with Gasteiger partial charge in [0.25, 0.3) is 0 Å². The minimum Gasteiger partial charge on any atom is -0.478 e. The zero-order valence-electron chi connectivity index (χ0n) is 24.2. The number of nitrogens with zero attached hydrogens (tertiary/aromatic N) is 1. The Kier molecular flexibility index (Phi) is 20.7. The highest BCUT2D eigenvalue weighted by Gasteiger charge is 2.08. The fourth-order valence-electron chi connectivity index (χ4n) is 3.06. The number of pyridine rings is 1. The molecule has 37 heavy (non-hydrogen) atoms. The van der Waals surface area contributed by atoms with Crippen LogP contribution in [-0.4, -0.2) is 29.7 Å². The molecule has 208 valence electrons. The van der Waals surface area contributed by atoms with E-state index >= 15 is 0 Å². The van der Waals surface area contributed by atoms with E-state index in [2.05, 4.69) is 35.7 Å². The maximum atomic E-state index is 10.5. The molecule has 0 saturated carbocycles. The van der Waals surface area contributed by atoms with E-state index in [1.54, 1.807) is 19.2 Å². The number of aromatic nitrogens is 1. The maximum Gasteiger partial charge on any atom is 0.337 e. The van der Waals surface area contributed by atoms with Crippen molar-refractivity contribution >= 4 is 29.0 Å². The van der Waals surface area contributed by atoms with Gasteiger partial charge in [-0.15, -0.1) is 0 Å². The van der Waals surface area contributed by atoms with Crippen LogP contribution >= 0.6 is 11.6 Å². The molecule has 0 fully saturated rings. The molecule has 0 radical (unpaired) electrons. The van der Waals surface area contributed by atoms with Gasteiger partial charge in [-0.05, 0) is 62.9 Å². The summed E-state index contributed by atoms with van der Waals surface area (Å²) in [5.41, 5.74) is 12.3. The number of aryl methyl sites for hydroxylation is 3. The molecule has 0 amide bonds. The lowest BCUT2D eigenvalue weighted by atomic mass is 10.0. The third-order valence-electron chi connectivity index (χ3n) is 5.15. The SMILES string of the molecule is C=C(C)NCCCCCC.C=C(NC)c1cc(Cl)cc(CC)c1N.CC.Cc1cnc(C)c(C(=O)O)c1. The largest absolute Gasteiger partial charge is 0.478 e. The Labute approximate surface area is 230 Å². The number of unbranched alkanes of at least 4 members (excludes halogenated alkanes) is 3. The van der Waals surface area contributed by atoms with Gasteiger partial charge in [0.1, 0.15) is 0 Å². The van der Waals surface area contributed by atoms with Gasteiger partial charge in [-0.3, -0.25) is 4.98 Å². The summed E-state index contributed by atoms with van der Waals surface area (Å²) >= 11 is 5.98. The van der Waals surface area contributed by atoms with Gasteiger partial charge in [0.15, 0.2) is 0 Å². The van der Waals surface area contributed by atoms with Crippen LogP contribution in [0.25, 0.3) is 5.70 Å². The van der Waals surface area contributed by atoms with Gasteiger partial charge in [0.05, 0.1) is 11.3 Å². The number of aromatic carboxylic acids is 1. The molecular formula is C30H49ClN4O2. The first-order valence-electron chi connectivity index (χ1n) is 13.0. The first-order chi connectivity index (χ1) is 17.5. The van der Waals surface area contributed by atoms with Crippen LogP contribution in [0.1, 0.15) is 93.0 Å². The minimum absolute atomic E-state index is 0.282. The highest BCUT2D eigenvalue weighted by molar-refractivity contribution is 6.31. The van der Waals surface area contributed by atoms with E-state index in [4.69, 9.17) is 22.4 Å². The number of carboxylic acid groups (broad SMARTS) is 1. The van der Waals surface area contributed by atoms with Crippen molar-refractivity contribution in [2.75, 3.05) is 19.3 Å². The predicted octanol–water partition coefficient (Wildman–Crippen LogP) is 7.79.